The van der Waals surface area contributed by atoms with Crippen molar-refractivity contribution in [2.45, 2.75) is 44.9 Å². The number of benzene rings is 2. The van der Waals surface area contributed by atoms with Gasteiger partial charge < -0.3 is 4.90 Å². The third kappa shape index (κ3) is 5.42. The number of hydrogen-bond acceptors (Lipinski definition) is 4. The maximum Gasteiger partial charge on any atom is 0.253 e. The number of likely N-dealkylation sites (tertiary alicyclic amines) is 1. The number of amides is 1. The highest BCUT2D eigenvalue weighted by Gasteiger charge is 2.32. The molecule has 1 amide bonds. The van der Waals surface area contributed by atoms with Gasteiger partial charge in [-0.3, -0.25) is 19.3 Å². The van der Waals surface area contributed by atoms with Crippen LogP contribution in [0.3, 0.4) is 0 Å². The summed E-state index contributed by atoms with van der Waals surface area (Å²) in [5.41, 5.74) is 7.73. The lowest BCUT2D eigenvalue weighted by atomic mass is 9.82. The van der Waals surface area contributed by atoms with E-state index in [0.29, 0.717) is 30.1 Å². The van der Waals surface area contributed by atoms with Crippen LogP contribution in [-0.4, -0.2) is 44.4 Å². The molecule has 1 aliphatic carbocycles. The van der Waals surface area contributed by atoms with Crippen molar-refractivity contribution < 1.29 is 9.59 Å². The molecule has 0 spiro atoms. The number of Topliss-reactive ketones (excluding diaryl/α,β-unsaturated/α-hetero) is 1. The Kier molecular flexibility index (Phi) is 6.86. The van der Waals surface area contributed by atoms with Gasteiger partial charge in [-0.1, -0.05) is 49.6 Å². The van der Waals surface area contributed by atoms with Crippen LogP contribution < -0.4 is 0 Å². The molecule has 2 aromatic carbocycles. The van der Waals surface area contributed by atoms with Crippen LogP contribution in [0.25, 0.3) is 11.1 Å². The fraction of sp³-hybridized carbons (Fsp3) is 0.333. The lowest BCUT2D eigenvalue weighted by molar-refractivity contribution is 0.0602. The number of carbonyl (C=O) groups is 2. The first-order valence-corrected chi connectivity index (χ1v) is 13.9. The maximum atomic E-state index is 13.2. The van der Waals surface area contributed by atoms with Gasteiger partial charge in [-0.2, -0.15) is 5.10 Å². The highest BCUT2D eigenvalue weighted by atomic mass is 16.2. The van der Waals surface area contributed by atoms with E-state index in [0.717, 1.165) is 40.3 Å². The Morgan fingerprint density at radius 3 is 2.33 bits per heavy atom. The van der Waals surface area contributed by atoms with Crippen molar-refractivity contribution >= 4 is 11.7 Å². The highest BCUT2D eigenvalue weighted by molar-refractivity contribution is 5.98. The van der Waals surface area contributed by atoms with E-state index in [1.54, 1.807) is 10.9 Å². The predicted molar refractivity (Wildman–Crippen MR) is 152 cm³/mol. The van der Waals surface area contributed by atoms with Gasteiger partial charge in [-0.05, 0) is 65.8 Å². The summed E-state index contributed by atoms with van der Waals surface area (Å²) in [6.07, 6.45) is 10.8. The first-order chi connectivity index (χ1) is 18.9. The molecule has 3 heterocycles. The van der Waals surface area contributed by atoms with Crippen molar-refractivity contribution in [3.63, 3.8) is 0 Å². The van der Waals surface area contributed by atoms with E-state index < -0.39 is 0 Å². The van der Waals surface area contributed by atoms with Crippen molar-refractivity contribution in [1.82, 2.24) is 19.7 Å². The monoisotopic (exact) mass is 518 g/mol. The summed E-state index contributed by atoms with van der Waals surface area (Å²) < 4.78 is 1.80. The number of rotatable bonds is 8. The number of hydrogen-bond donors (Lipinski definition) is 0. The minimum absolute atomic E-state index is 0.0222. The second-order valence-corrected chi connectivity index (χ2v) is 11.2. The number of aromatic nitrogens is 3. The predicted octanol–water partition coefficient (Wildman–Crippen LogP) is 5.80. The molecule has 6 rings (SSSR count). The topological polar surface area (TPSA) is 68.1 Å². The molecule has 6 heteroatoms. The molecule has 1 saturated heterocycles. The Morgan fingerprint density at radius 1 is 0.923 bits per heavy atom. The van der Waals surface area contributed by atoms with Crippen LogP contribution in [0.1, 0.15) is 68.3 Å². The van der Waals surface area contributed by atoms with Gasteiger partial charge in [0.1, 0.15) is 0 Å². The summed E-state index contributed by atoms with van der Waals surface area (Å²) in [7, 11) is 1.92. The smallest absolute Gasteiger partial charge is 0.253 e. The normalized spacial score (nSPS) is 15.6. The maximum absolute atomic E-state index is 13.2. The molecule has 1 aliphatic heterocycles. The molecular formula is C33H34N4O2. The van der Waals surface area contributed by atoms with Gasteiger partial charge in [0.25, 0.3) is 5.91 Å². The average Bonchev–Trinajstić information content (AvgIpc) is 3.33. The van der Waals surface area contributed by atoms with Gasteiger partial charge in [0.2, 0.25) is 0 Å². The standard InChI is InChI=1S/C33H34N4O2/c1-22-6-7-26(15-28(22)16-32(38)27-12-13-31(34-17-27)14-23-4-3-5-23)33(39)37-20-30(21-37)25-10-8-24(9-11-25)29-18-35-36(2)19-29/h6-13,15,17-19,23,30H,3-5,14,16,20-21H2,1-2H3. The zero-order chi connectivity index (χ0) is 26.9. The van der Waals surface area contributed by atoms with Crippen molar-refractivity contribution in [1.29, 1.82) is 0 Å². The largest absolute Gasteiger partial charge is 0.337 e. The number of carbonyl (C=O) groups excluding carboxylic acids is 2. The molecule has 0 radical (unpaired) electrons. The Balaban J connectivity index is 1.06. The Labute approximate surface area is 229 Å². The van der Waals surface area contributed by atoms with Gasteiger partial charge in [-0.25, -0.2) is 0 Å². The van der Waals surface area contributed by atoms with Crippen molar-refractivity contribution in [3.8, 4) is 11.1 Å². The molecular weight excluding hydrogens is 484 g/mol. The number of nitrogens with zero attached hydrogens (tertiary/aromatic N) is 4. The lowest BCUT2D eigenvalue weighted by Crippen LogP contribution is -2.48. The van der Waals surface area contributed by atoms with Crippen LogP contribution in [0, 0.1) is 12.8 Å². The van der Waals surface area contributed by atoms with Crippen molar-refractivity contribution in [2.75, 3.05) is 13.1 Å². The zero-order valence-corrected chi connectivity index (χ0v) is 22.6. The molecule has 0 N–H and O–H groups in total. The molecule has 0 unspecified atom stereocenters. The van der Waals surface area contributed by atoms with E-state index in [-0.39, 0.29) is 18.1 Å². The minimum Gasteiger partial charge on any atom is -0.337 e. The Morgan fingerprint density at radius 2 is 1.69 bits per heavy atom. The van der Waals surface area contributed by atoms with Crippen LogP contribution >= 0.6 is 0 Å². The van der Waals surface area contributed by atoms with Gasteiger partial charge in [-0.15, -0.1) is 0 Å². The van der Waals surface area contributed by atoms with E-state index in [1.165, 1.54) is 24.8 Å². The lowest BCUT2D eigenvalue weighted by Gasteiger charge is -2.39. The van der Waals surface area contributed by atoms with E-state index in [4.69, 9.17) is 0 Å². The van der Waals surface area contributed by atoms with E-state index >= 15 is 0 Å². The molecule has 2 fully saturated rings. The molecule has 0 bridgehead atoms. The van der Waals surface area contributed by atoms with Crippen LogP contribution in [0.15, 0.2) is 73.2 Å². The van der Waals surface area contributed by atoms with E-state index in [1.807, 2.05) is 61.6 Å². The number of ketones is 1. The Hall–Kier alpha value is -4.06. The fourth-order valence-corrected chi connectivity index (χ4v) is 5.53. The summed E-state index contributed by atoms with van der Waals surface area (Å²) in [5.74, 6) is 1.14. The SMILES string of the molecule is Cc1ccc(C(=O)N2CC(c3ccc(-c4cnn(C)c4)cc3)C2)cc1CC(=O)c1ccc(CC2CCC2)nc1. The summed E-state index contributed by atoms with van der Waals surface area (Å²) in [6.45, 7) is 3.39. The first-order valence-electron chi connectivity index (χ1n) is 13.9. The molecule has 1 saturated carbocycles. The number of pyridine rings is 1. The highest BCUT2D eigenvalue weighted by Crippen LogP contribution is 2.31. The van der Waals surface area contributed by atoms with Crippen LogP contribution in [0.2, 0.25) is 0 Å². The van der Waals surface area contributed by atoms with E-state index in [9.17, 15) is 9.59 Å². The molecule has 0 atom stereocenters. The third-order valence-corrected chi connectivity index (χ3v) is 8.41. The van der Waals surface area contributed by atoms with Crippen LogP contribution in [0.4, 0.5) is 0 Å². The molecule has 39 heavy (non-hydrogen) atoms. The molecule has 2 aromatic heterocycles. The van der Waals surface area contributed by atoms with Gasteiger partial charge >= 0.3 is 0 Å². The van der Waals surface area contributed by atoms with Gasteiger partial charge in [0.05, 0.1) is 6.20 Å². The fourth-order valence-electron chi connectivity index (χ4n) is 5.53. The van der Waals surface area contributed by atoms with Gasteiger partial charge in [0, 0.05) is 67.3 Å². The summed E-state index contributed by atoms with van der Waals surface area (Å²) >= 11 is 0. The summed E-state index contributed by atoms with van der Waals surface area (Å²) in [4.78, 5) is 32.7. The van der Waals surface area contributed by atoms with Crippen LogP contribution in [-0.2, 0) is 19.9 Å². The molecule has 2 aliphatic rings. The summed E-state index contributed by atoms with van der Waals surface area (Å²) in [6, 6.07) is 18.2. The van der Waals surface area contributed by atoms with E-state index in [2.05, 4.69) is 34.3 Å². The minimum atomic E-state index is 0.0222. The summed E-state index contributed by atoms with van der Waals surface area (Å²) in [5, 5.41) is 4.25. The Bertz CT molecular complexity index is 1490. The quantitative estimate of drug-likeness (QED) is 0.277. The van der Waals surface area contributed by atoms with Crippen molar-refractivity contribution in [3.05, 3.63) is 107 Å². The second-order valence-electron chi connectivity index (χ2n) is 11.2. The number of aryl methyl sites for hydroxylation is 2. The average molecular weight is 519 g/mol. The van der Waals surface area contributed by atoms with Gasteiger partial charge in [0.15, 0.2) is 5.78 Å². The van der Waals surface area contributed by atoms with Crippen LogP contribution in [0.5, 0.6) is 0 Å². The molecule has 198 valence electrons. The third-order valence-electron chi connectivity index (χ3n) is 8.41. The zero-order valence-electron chi connectivity index (χ0n) is 22.6. The van der Waals surface area contributed by atoms with Crippen molar-refractivity contribution in [2.24, 2.45) is 13.0 Å². The molecule has 6 nitrogen and oxygen atoms in total. The second kappa shape index (κ2) is 10.6. The first kappa shape index (κ1) is 25.2. The molecule has 4 aromatic rings.